The molecule has 2 bridgehead atoms. The lowest BCUT2D eigenvalue weighted by Gasteiger charge is -2.69. The Balaban J connectivity index is 1.94. The van der Waals surface area contributed by atoms with Gasteiger partial charge in [-0.1, -0.05) is 30.3 Å². The molecule has 1 heteroatoms. The van der Waals surface area contributed by atoms with Crippen LogP contribution in [0.25, 0.3) is 0 Å². The summed E-state index contributed by atoms with van der Waals surface area (Å²) in [6, 6.07) is 10.8. The quantitative estimate of drug-likeness (QED) is 0.664. The van der Waals surface area contributed by atoms with Crippen LogP contribution < -0.4 is 5.73 Å². The van der Waals surface area contributed by atoms with E-state index in [1.54, 1.807) is 0 Å². The molecule has 3 aliphatic rings. The summed E-state index contributed by atoms with van der Waals surface area (Å²) in [5.74, 6) is 0. The summed E-state index contributed by atoms with van der Waals surface area (Å²) in [7, 11) is 0. The molecule has 0 aliphatic heterocycles. The Morgan fingerprint density at radius 1 is 1.00 bits per heavy atom. The van der Waals surface area contributed by atoms with Gasteiger partial charge in [0.2, 0.25) is 0 Å². The van der Waals surface area contributed by atoms with E-state index in [4.69, 9.17) is 5.73 Å². The zero-order valence-corrected chi connectivity index (χ0v) is 7.09. The highest BCUT2D eigenvalue weighted by Gasteiger charge is 2.66. The van der Waals surface area contributed by atoms with Gasteiger partial charge in [0.15, 0.2) is 0 Å². The van der Waals surface area contributed by atoms with E-state index in [0.717, 1.165) is 0 Å². The predicted molar refractivity (Wildman–Crippen MR) is 48.9 cm³/mol. The summed E-state index contributed by atoms with van der Waals surface area (Å²) in [6.45, 7) is 0. The molecule has 0 saturated heterocycles. The lowest BCUT2D eigenvalue weighted by molar-refractivity contribution is -0.0589. The maximum atomic E-state index is 6.01. The minimum absolute atomic E-state index is 0.232. The highest BCUT2D eigenvalue weighted by Crippen LogP contribution is 2.66. The van der Waals surface area contributed by atoms with Crippen LogP contribution >= 0.6 is 0 Å². The Morgan fingerprint density at radius 3 is 2.08 bits per heavy atom. The van der Waals surface area contributed by atoms with Gasteiger partial charge in [-0.2, -0.15) is 0 Å². The Hall–Kier alpha value is -0.820. The third kappa shape index (κ3) is 0.632. The molecular formula is C11H13N. The van der Waals surface area contributed by atoms with Gasteiger partial charge in [0.25, 0.3) is 0 Å². The third-order valence-electron chi connectivity index (χ3n) is 3.46. The first kappa shape index (κ1) is 6.67. The fourth-order valence-corrected chi connectivity index (χ4v) is 2.96. The van der Waals surface area contributed by atoms with Crippen LogP contribution in [0.2, 0.25) is 0 Å². The number of hydrogen-bond donors (Lipinski definition) is 1. The van der Waals surface area contributed by atoms with Gasteiger partial charge in [0.05, 0.1) is 0 Å². The van der Waals surface area contributed by atoms with Crippen LogP contribution in [0.4, 0.5) is 0 Å². The van der Waals surface area contributed by atoms with Gasteiger partial charge >= 0.3 is 0 Å². The van der Waals surface area contributed by atoms with E-state index in [-0.39, 0.29) is 5.54 Å². The molecule has 0 aromatic heterocycles. The van der Waals surface area contributed by atoms with Crippen molar-refractivity contribution in [2.45, 2.75) is 30.2 Å². The summed E-state index contributed by atoms with van der Waals surface area (Å²) in [4.78, 5) is 0. The topological polar surface area (TPSA) is 26.0 Å². The van der Waals surface area contributed by atoms with E-state index < -0.39 is 0 Å². The molecule has 12 heavy (non-hydrogen) atoms. The second kappa shape index (κ2) is 1.74. The molecule has 3 fully saturated rings. The average molecular weight is 159 g/mol. The van der Waals surface area contributed by atoms with E-state index in [9.17, 15) is 0 Å². The van der Waals surface area contributed by atoms with Crippen molar-refractivity contribution in [2.75, 3.05) is 0 Å². The van der Waals surface area contributed by atoms with Crippen molar-refractivity contribution in [3.05, 3.63) is 35.9 Å². The van der Waals surface area contributed by atoms with E-state index >= 15 is 0 Å². The molecule has 1 aromatic rings. The molecule has 0 atom stereocenters. The van der Waals surface area contributed by atoms with Crippen molar-refractivity contribution in [2.24, 2.45) is 5.73 Å². The summed E-state index contributed by atoms with van der Waals surface area (Å²) in [5, 5.41) is 0. The molecule has 0 spiro atoms. The molecule has 0 unspecified atom stereocenters. The van der Waals surface area contributed by atoms with E-state index in [2.05, 4.69) is 30.3 Å². The number of hydrogen-bond acceptors (Lipinski definition) is 1. The summed E-state index contributed by atoms with van der Waals surface area (Å²) >= 11 is 0. The van der Waals surface area contributed by atoms with Crippen LogP contribution in [0.3, 0.4) is 0 Å². The van der Waals surface area contributed by atoms with Gasteiger partial charge in [-0.05, 0) is 24.8 Å². The molecule has 0 radical (unpaired) electrons. The second-order valence-electron chi connectivity index (χ2n) is 4.54. The minimum atomic E-state index is 0.232. The van der Waals surface area contributed by atoms with Gasteiger partial charge in [-0.15, -0.1) is 0 Å². The predicted octanol–water partition coefficient (Wildman–Crippen LogP) is 1.82. The average Bonchev–Trinajstić information content (AvgIpc) is 1.99. The SMILES string of the molecule is NC12CC(c3ccccc3)(C1)C2. The van der Waals surface area contributed by atoms with Crippen molar-refractivity contribution < 1.29 is 0 Å². The maximum Gasteiger partial charge on any atom is 0.0179 e. The van der Waals surface area contributed by atoms with Crippen LogP contribution in [-0.2, 0) is 5.41 Å². The molecular weight excluding hydrogens is 146 g/mol. The third-order valence-corrected chi connectivity index (χ3v) is 3.46. The molecule has 2 N–H and O–H groups in total. The first-order chi connectivity index (χ1) is 5.73. The summed E-state index contributed by atoms with van der Waals surface area (Å²) < 4.78 is 0. The zero-order valence-electron chi connectivity index (χ0n) is 7.09. The smallest absolute Gasteiger partial charge is 0.0179 e. The standard InChI is InChI=1S/C11H13N/c12-11-6-10(7-11,8-11)9-4-2-1-3-5-9/h1-5H,6-8,12H2. The lowest BCUT2D eigenvalue weighted by atomic mass is 9.38. The van der Waals surface area contributed by atoms with E-state index in [1.807, 2.05) is 0 Å². The fraction of sp³-hybridized carbons (Fsp3) is 0.455. The molecule has 0 heterocycles. The fourth-order valence-electron chi connectivity index (χ4n) is 2.96. The molecule has 3 saturated carbocycles. The maximum absolute atomic E-state index is 6.01. The van der Waals surface area contributed by atoms with Gasteiger partial charge < -0.3 is 5.73 Å². The number of nitrogens with two attached hydrogens (primary N) is 1. The van der Waals surface area contributed by atoms with Gasteiger partial charge in [-0.25, -0.2) is 0 Å². The first-order valence-corrected chi connectivity index (χ1v) is 4.57. The molecule has 0 amide bonds. The Bertz CT molecular complexity index is 295. The Labute approximate surface area is 72.6 Å². The van der Waals surface area contributed by atoms with Crippen LogP contribution in [0.5, 0.6) is 0 Å². The zero-order chi connectivity index (χ0) is 8.23. The molecule has 4 rings (SSSR count). The van der Waals surface area contributed by atoms with Crippen molar-refractivity contribution >= 4 is 0 Å². The van der Waals surface area contributed by atoms with E-state index in [1.165, 1.54) is 24.8 Å². The van der Waals surface area contributed by atoms with Gasteiger partial charge in [0.1, 0.15) is 0 Å². The number of benzene rings is 1. The molecule has 1 aromatic carbocycles. The minimum Gasteiger partial charge on any atom is -0.325 e. The Kier molecular flexibility index (Phi) is 0.969. The highest BCUT2D eigenvalue weighted by molar-refractivity contribution is 5.40. The second-order valence-corrected chi connectivity index (χ2v) is 4.54. The van der Waals surface area contributed by atoms with Crippen molar-refractivity contribution in [1.29, 1.82) is 0 Å². The van der Waals surface area contributed by atoms with Gasteiger partial charge in [0, 0.05) is 11.0 Å². The largest absolute Gasteiger partial charge is 0.325 e. The van der Waals surface area contributed by atoms with Crippen LogP contribution in [-0.4, -0.2) is 5.54 Å². The normalized spacial score (nSPS) is 43.1. The first-order valence-electron chi connectivity index (χ1n) is 4.57. The Morgan fingerprint density at radius 2 is 1.58 bits per heavy atom. The lowest BCUT2D eigenvalue weighted by Crippen LogP contribution is -2.74. The molecule has 62 valence electrons. The number of rotatable bonds is 1. The van der Waals surface area contributed by atoms with Crippen molar-refractivity contribution in [3.63, 3.8) is 0 Å². The van der Waals surface area contributed by atoms with Crippen LogP contribution in [0, 0.1) is 0 Å². The highest BCUT2D eigenvalue weighted by atomic mass is 14.9. The van der Waals surface area contributed by atoms with Crippen LogP contribution in [0.1, 0.15) is 24.8 Å². The van der Waals surface area contributed by atoms with E-state index in [0.29, 0.717) is 5.41 Å². The molecule has 3 aliphatic carbocycles. The summed E-state index contributed by atoms with van der Waals surface area (Å²) in [6.07, 6.45) is 3.64. The van der Waals surface area contributed by atoms with Crippen LogP contribution in [0.15, 0.2) is 30.3 Å². The van der Waals surface area contributed by atoms with Crippen molar-refractivity contribution in [1.82, 2.24) is 0 Å². The van der Waals surface area contributed by atoms with Crippen molar-refractivity contribution in [3.8, 4) is 0 Å². The van der Waals surface area contributed by atoms with Gasteiger partial charge in [-0.3, -0.25) is 0 Å². The monoisotopic (exact) mass is 159 g/mol. The summed E-state index contributed by atoms with van der Waals surface area (Å²) in [5.41, 5.74) is 8.24. The molecule has 1 nitrogen and oxygen atoms in total.